The van der Waals surface area contributed by atoms with Crippen LogP contribution in [0.25, 0.3) is 10.9 Å². The molecule has 3 N–H and O–H groups in total. The lowest BCUT2D eigenvalue weighted by Gasteiger charge is -2.11. The molecule has 6 nitrogen and oxygen atoms in total. The van der Waals surface area contributed by atoms with Gasteiger partial charge in [-0.3, -0.25) is 9.59 Å². The molecule has 0 saturated carbocycles. The Morgan fingerprint density at radius 2 is 2.05 bits per heavy atom. The van der Waals surface area contributed by atoms with Crippen LogP contribution in [0.3, 0.4) is 0 Å². The van der Waals surface area contributed by atoms with Gasteiger partial charge in [0.05, 0.1) is 15.9 Å². The van der Waals surface area contributed by atoms with Crippen LogP contribution in [0.15, 0.2) is 17.1 Å². The minimum Gasteiger partial charge on any atom is -0.504 e. The maximum absolute atomic E-state index is 12.2. The highest BCUT2D eigenvalue weighted by atomic mass is 35.5. The zero-order chi connectivity index (χ0) is 14.3. The van der Waals surface area contributed by atoms with Crippen molar-refractivity contribution in [2.24, 2.45) is 7.05 Å². The van der Waals surface area contributed by atoms with E-state index in [0.717, 1.165) is 0 Å². The summed E-state index contributed by atoms with van der Waals surface area (Å²) in [4.78, 5) is 23.8. The zero-order valence-electron chi connectivity index (χ0n) is 10.2. The molecule has 0 fully saturated rings. The van der Waals surface area contributed by atoms with Crippen LogP contribution in [0.1, 0.15) is 10.4 Å². The van der Waals surface area contributed by atoms with E-state index in [1.54, 1.807) is 7.05 Å². The van der Waals surface area contributed by atoms with E-state index in [-0.39, 0.29) is 16.0 Å². The number of aryl methyl sites for hydroxylation is 1. The van der Waals surface area contributed by atoms with Gasteiger partial charge in [-0.1, -0.05) is 11.6 Å². The normalized spacial score (nSPS) is 10.7. The fourth-order valence-electron chi connectivity index (χ4n) is 1.86. The number of pyridine rings is 1. The molecule has 0 saturated heterocycles. The molecule has 1 amide bonds. The Bertz CT molecular complexity index is 752. The Kier molecular flexibility index (Phi) is 3.11. The van der Waals surface area contributed by atoms with Crippen LogP contribution in [0.5, 0.6) is 11.5 Å². The van der Waals surface area contributed by atoms with Gasteiger partial charge in [-0.15, -0.1) is 0 Å². The highest BCUT2D eigenvalue weighted by molar-refractivity contribution is 6.37. The summed E-state index contributed by atoms with van der Waals surface area (Å²) in [7, 11) is 3.00. The predicted molar refractivity (Wildman–Crippen MR) is 70.9 cm³/mol. The first-order chi connectivity index (χ1) is 8.88. The Hall–Kier alpha value is -2.21. The molecule has 7 heteroatoms. The number of rotatable bonds is 1. The maximum atomic E-state index is 12.2. The molecule has 0 bridgehead atoms. The lowest BCUT2D eigenvalue weighted by atomic mass is 10.1. The van der Waals surface area contributed by atoms with Gasteiger partial charge in [0.15, 0.2) is 11.5 Å². The molecule has 0 aliphatic heterocycles. The summed E-state index contributed by atoms with van der Waals surface area (Å²) < 4.78 is 1.48. The summed E-state index contributed by atoms with van der Waals surface area (Å²) in [6, 6.07) is 1.21. The van der Waals surface area contributed by atoms with Crippen LogP contribution in [0.2, 0.25) is 5.02 Å². The SMILES string of the molecule is CNC(=O)c1cn(C)c2cc(O)c(O)c(Cl)c2c1=O. The Balaban J connectivity index is 3.01. The van der Waals surface area contributed by atoms with Crippen LogP contribution in [-0.4, -0.2) is 27.7 Å². The first kappa shape index (κ1) is 13.2. The highest BCUT2D eigenvalue weighted by Gasteiger charge is 2.19. The molecule has 0 aliphatic rings. The van der Waals surface area contributed by atoms with Gasteiger partial charge < -0.3 is 20.1 Å². The van der Waals surface area contributed by atoms with Crippen molar-refractivity contribution in [3.05, 3.63) is 33.1 Å². The summed E-state index contributed by atoms with van der Waals surface area (Å²) >= 11 is 5.87. The number of benzene rings is 1. The number of carbonyl (C=O) groups excluding carboxylic acids is 1. The average molecular weight is 283 g/mol. The Labute approximate surface area is 112 Å². The summed E-state index contributed by atoms with van der Waals surface area (Å²) in [5.74, 6) is -1.56. The molecule has 1 aromatic heterocycles. The molecular formula is C12H11ClN2O4. The van der Waals surface area contributed by atoms with Crippen molar-refractivity contribution in [2.75, 3.05) is 7.05 Å². The Morgan fingerprint density at radius 1 is 1.42 bits per heavy atom. The third-order valence-corrected chi connectivity index (χ3v) is 3.21. The minimum atomic E-state index is -0.604. The molecule has 100 valence electrons. The maximum Gasteiger partial charge on any atom is 0.256 e. The molecule has 2 aromatic rings. The molecule has 0 spiro atoms. The van der Waals surface area contributed by atoms with E-state index >= 15 is 0 Å². The van der Waals surface area contributed by atoms with Crippen LogP contribution in [-0.2, 0) is 7.05 Å². The van der Waals surface area contributed by atoms with Gasteiger partial charge in [-0.2, -0.15) is 0 Å². The van der Waals surface area contributed by atoms with Gasteiger partial charge in [0, 0.05) is 26.4 Å². The first-order valence-electron chi connectivity index (χ1n) is 5.34. The highest BCUT2D eigenvalue weighted by Crippen LogP contribution is 2.37. The number of carbonyl (C=O) groups is 1. The summed E-state index contributed by atoms with van der Waals surface area (Å²) in [5.41, 5.74) is -0.379. The number of fused-ring (bicyclic) bond motifs is 1. The molecule has 1 heterocycles. The smallest absolute Gasteiger partial charge is 0.256 e. The summed E-state index contributed by atoms with van der Waals surface area (Å²) in [6.45, 7) is 0. The predicted octanol–water partition coefficient (Wildman–Crippen LogP) is 0.963. The monoisotopic (exact) mass is 282 g/mol. The van der Waals surface area contributed by atoms with Gasteiger partial charge >= 0.3 is 0 Å². The van der Waals surface area contributed by atoms with Gasteiger partial charge in [-0.25, -0.2) is 0 Å². The number of amides is 1. The molecule has 0 aliphatic carbocycles. The number of phenols is 2. The van der Waals surface area contributed by atoms with E-state index in [9.17, 15) is 19.8 Å². The van der Waals surface area contributed by atoms with E-state index in [0.29, 0.717) is 5.52 Å². The molecule has 0 radical (unpaired) electrons. The third-order valence-electron chi connectivity index (χ3n) is 2.85. The van der Waals surface area contributed by atoms with E-state index in [2.05, 4.69) is 5.32 Å². The molecule has 19 heavy (non-hydrogen) atoms. The standard InChI is InChI=1S/C12H11ClN2O4/c1-14-12(19)5-4-15(2)6-3-7(16)11(18)9(13)8(6)10(5)17/h3-4,16,18H,1-2H3,(H,14,19). The minimum absolute atomic E-state index is 0.0134. The van der Waals surface area contributed by atoms with Crippen LogP contribution < -0.4 is 10.7 Å². The Morgan fingerprint density at radius 3 is 2.63 bits per heavy atom. The van der Waals surface area contributed by atoms with Crippen molar-refractivity contribution in [3.8, 4) is 11.5 Å². The number of aromatic nitrogens is 1. The lowest BCUT2D eigenvalue weighted by Crippen LogP contribution is -2.26. The summed E-state index contributed by atoms with van der Waals surface area (Å²) in [6.07, 6.45) is 1.34. The van der Waals surface area contributed by atoms with E-state index in [1.165, 1.54) is 23.9 Å². The molecule has 2 rings (SSSR count). The average Bonchev–Trinajstić information content (AvgIpc) is 2.38. The first-order valence-corrected chi connectivity index (χ1v) is 5.72. The van der Waals surface area contributed by atoms with Gasteiger partial charge in [0.1, 0.15) is 5.56 Å². The topological polar surface area (TPSA) is 91.6 Å². The van der Waals surface area contributed by atoms with E-state index in [4.69, 9.17) is 11.6 Å². The number of hydrogen-bond acceptors (Lipinski definition) is 4. The number of hydrogen-bond donors (Lipinski definition) is 3. The van der Waals surface area contributed by atoms with Crippen molar-refractivity contribution in [2.45, 2.75) is 0 Å². The van der Waals surface area contributed by atoms with E-state index in [1.807, 2.05) is 0 Å². The fourth-order valence-corrected chi connectivity index (χ4v) is 2.14. The number of halogens is 1. The second kappa shape index (κ2) is 4.47. The van der Waals surface area contributed by atoms with Crippen molar-refractivity contribution in [1.29, 1.82) is 0 Å². The number of nitrogens with zero attached hydrogens (tertiary/aromatic N) is 1. The van der Waals surface area contributed by atoms with Crippen molar-refractivity contribution < 1.29 is 15.0 Å². The largest absolute Gasteiger partial charge is 0.504 e. The molecule has 1 aromatic carbocycles. The van der Waals surface area contributed by atoms with Gasteiger partial charge in [-0.05, 0) is 0 Å². The van der Waals surface area contributed by atoms with Crippen LogP contribution in [0, 0.1) is 0 Å². The van der Waals surface area contributed by atoms with Crippen LogP contribution >= 0.6 is 11.6 Å². The van der Waals surface area contributed by atoms with Crippen molar-refractivity contribution in [3.63, 3.8) is 0 Å². The number of nitrogens with one attached hydrogen (secondary N) is 1. The third kappa shape index (κ3) is 1.90. The van der Waals surface area contributed by atoms with Crippen molar-refractivity contribution in [1.82, 2.24) is 9.88 Å². The second-order valence-electron chi connectivity index (χ2n) is 4.01. The summed E-state index contributed by atoms with van der Waals surface area (Å²) in [5, 5.41) is 21.1. The van der Waals surface area contributed by atoms with Gasteiger partial charge in [0.2, 0.25) is 5.43 Å². The van der Waals surface area contributed by atoms with Crippen molar-refractivity contribution >= 4 is 28.4 Å². The fraction of sp³-hybridized carbons (Fsp3) is 0.167. The van der Waals surface area contributed by atoms with Crippen LogP contribution in [0.4, 0.5) is 0 Å². The number of aromatic hydroxyl groups is 2. The second-order valence-corrected chi connectivity index (χ2v) is 4.39. The molecule has 0 atom stereocenters. The van der Waals surface area contributed by atoms with E-state index < -0.39 is 22.8 Å². The van der Waals surface area contributed by atoms with Gasteiger partial charge in [0.25, 0.3) is 5.91 Å². The lowest BCUT2D eigenvalue weighted by molar-refractivity contribution is 0.0961. The molecular weight excluding hydrogens is 272 g/mol. The quantitative estimate of drug-likeness (QED) is 0.680. The number of phenolic OH excluding ortho intramolecular Hbond substituents is 2. The zero-order valence-corrected chi connectivity index (χ0v) is 10.9. The molecule has 0 unspecified atom stereocenters.